The van der Waals surface area contributed by atoms with Gasteiger partial charge in [-0.3, -0.25) is 4.79 Å². The highest BCUT2D eigenvalue weighted by Gasteiger charge is 2.12. The number of fused-ring (bicyclic) bond motifs is 1. The fourth-order valence-corrected chi connectivity index (χ4v) is 2.75. The van der Waals surface area contributed by atoms with Crippen molar-refractivity contribution < 1.29 is 4.79 Å². The molecule has 0 aliphatic carbocycles. The summed E-state index contributed by atoms with van der Waals surface area (Å²) < 4.78 is 0. The lowest BCUT2D eigenvalue weighted by atomic mass is 9.99. The van der Waals surface area contributed by atoms with Gasteiger partial charge in [0.25, 0.3) is 5.91 Å². The van der Waals surface area contributed by atoms with Crippen molar-refractivity contribution >= 4 is 16.7 Å². The van der Waals surface area contributed by atoms with E-state index in [4.69, 9.17) is 5.73 Å². The number of hydrogen-bond donors (Lipinski definition) is 2. The van der Waals surface area contributed by atoms with Crippen LogP contribution in [0.3, 0.4) is 0 Å². The summed E-state index contributed by atoms with van der Waals surface area (Å²) in [5.41, 5.74) is 6.39. The second kappa shape index (κ2) is 7.79. The zero-order valence-corrected chi connectivity index (χ0v) is 12.6. The predicted octanol–water partition coefficient (Wildman–Crippen LogP) is 3.33. The van der Waals surface area contributed by atoms with E-state index in [1.807, 2.05) is 42.5 Å². The van der Waals surface area contributed by atoms with Gasteiger partial charge in [-0.1, -0.05) is 49.7 Å². The Bertz CT molecular complexity index is 583. The van der Waals surface area contributed by atoms with Crippen LogP contribution in [0.5, 0.6) is 0 Å². The number of amides is 1. The van der Waals surface area contributed by atoms with Crippen molar-refractivity contribution in [1.29, 1.82) is 0 Å². The Kier molecular flexibility index (Phi) is 5.76. The van der Waals surface area contributed by atoms with Crippen LogP contribution in [0.15, 0.2) is 42.5 Å². The number of benzene rings is 2. The molecule has 2 aromatic carbocycles. The molecule has 0 aliphatic rings. The molecule has 3 heteroatoms. The smallest absolute Gasteiger partial charge is 0.251 e. The molecule has 0 aromatic heterocycles. The first-order chi connectivity index (χ1) is 10.3. The molecule has 0 spiro atoms. The minimum Gasteiger partial charge on any atom is -0.352 e. The number of nitrogens with one attached hydrogen (secondary N) is 1. The third-order valence-corrected chi connectivity index (χ3v) is 3.86. The molecule has 112 valence electrons. The maximum Gasteiger partial charge on any atom is 0.251 e. The van der Waals surface area contributed by atoms with E-state index in [1.165, 1.54) is 0 Å². The van der Waals surface area contributed by atoms with Crippen molar-refractivity contribution in [3.8, 4) is 0 Å². The summed E-state index contributed by atoms with van der Waals surface area (Å²) in [4.78, 5) is 12.4. The molecular weight excluding hydrogens is 260 g/mol. The lowest BCUT2D eigenvalue weighted by Crippen LogP contribution is -2.30. The van der Waals surface area contributed by atoms with Crippen molar-refractivity contribution in [3.63, 3.8) is 0 Å². The van der Waals surface area contributed by atoms with Crippen molar-refractivity contribution in [2.75, 3.05) is 13.1 Å². The van der Waals surface area contributed by atoms with Gasteiger partial charge in [-0.05, 0) is 42.1 Å². The van der Waals surface area contributed by atoms with Gasteiger partial charge < -0.3 is 11.1 Å². The topological polar surface area (TPSA) is 55.1 Å². The van der Waals surface area contributed by atoms with Gasteiger partial charge in [-0.15, -0.1) is 0 Å². The summed E-state index contributed by atoms with van der Waals surface area (Å²) in [5.74, 6) is 0.476. The SMILES string of the molecule is CCCC(CCN)CNC(=O)c1cccc2ccccc12. The highest BCUT2D eigenvalue weighted by atomic mass is 16.1. The van der Waals surface area contributed by atoms with E-state index in [2.05, 4.69) is 12.2 Å². The van der Waals surface area contributed by atoms with Gasteiger partial charge in [0.15, 0.2) is 0 Å². The number of carbonyl (C=O) groups excluding carboxylic acids is 1. The molecule has 0 heterocycles. The van der Waals surface area contributed by atoms with Gasteiger partial charge in [0, 0.05) is 12.1 Å². The van der Waals surface area contributed by atoms with Gasteiger partial charge in [0.2, 0.25) is 0 Å². The minimum absolute atomic E-state index is 0.00456. The number of carbonyl (C=O) groups is 1. The highest BCUT2D eigenvalue weighted by Crippen LogP contribution is 2.18. The molecule has 1 unspecified atom stereocenters. The maximum absolute atomic E-state index is 12.4. The highest BCUT2D eigenvalue weighted by molar-refractivity contribution is 6.06. The van der Waals surface area contributed by atoms with Crippen LogP contribution in [0.1, 0.15) is 36.5 Å². The second-order valence-corrected chi connectivity index (χ2v) is 5.47. The molecule has 2 aromatic rings. The Labute approximate surface area is 126 Å². The summed E-state index contributed by atoms with van der Waals surface area (Å²) >= 11 is 0. The fourth-order valence-electron chi connectivity index (χ4n) is 2.75. The van der Waals surface area contributed by atoms with E-state index in [0.29, 0.717) is 19.0 Å². The van der Waals surface area contributed by atoms with E-state index >= 15 is 0 Å². The van der Waals surface area contributed by atoms with E-state index in [9.17, 15) is 4.79 Å². The molecule has 0 aliphatic heterocycles. The molecule has 3 N–H and O–H groups in total. The largest absolute Gasteiger partial charge is 0.352 e. The van der Waals surface area contributed by atoms with E-state index in [1.54, 1.807) is 0 Å². The van der Waals surface area contributed by atoms with Gasteiger partial charge >= 0.3 is 0 Å². The molecule has 1 atom stereocenters. The lowest BCUT2D eigenvalue weighted by molar-refractivity contribution is 0.0947. The lowest BCUT2D eigenvalue weighted by Gasteiger charge is -2.16. The molecule has 1 amide bonds. The van der Waals surface area contributed by atoms with Crippen LogP contribution in [0, 0.1) is 5.92 Å². The first-order valence-electron chi connectivity index (χ1n) is 7.72. The van der Waals surface area contributed by atoms with Crippen LogP contribution in [0.2, 0.25) is 0 Å². The van der Waals surface area contributed by atoms with Crippen LogP contribution in [-0.4, -0.2) is 19.0 Å². The quantitative estimate of drug-likeness (QED) is 0.819. The Morgan fingerprint density at radius 1 is 1.14 bits per heavy atom. The molecule has 0 fully saturated rings. The first-order valence-corrected chi connectivity index (χ1v) is 7.72. The molecule has 0 saturated heterocycles. The van der Waals surface area contributed by atoms with Crippen LogP contribution >= 0.6 is 0 Å². The van der Waals surface area contributed by atoms with Crippen molar-refractivity contribution in [2.24, 2.45) is 11.7 Å². The van der Waals surface area contributed by atoms with Gasteiger partial charge in [0.05, 0.1) is 0 Å². The Hall–Kier alpha value is -1.87. The standard InChI is InChI=1S/C18H24N2O/c1-2-6-14(11-12-19)13-20-18(21)17-10-5-8-15-7-3-4-9-16(15)17/h3-5,7-10,14H,2,6,11-13,19H2,1H3,(H,20,21). The molecule has 0 radical (unpaired) electrons. The summed E-state index contributed by atoms with van der Waals surface area (Å²) in [6.07, 6.45) is 3.19. The molecule has 0 bridgehead atoms. The van der Waals surface area contributed by atoms with Crippen LogP contribution in [0.25, 0.3) is 10.8 Å². The van der Waals surface area contributed by atoms with Crippen molar-refractivity contribution in [3.05, 3.63) is 48.0 Å². The Morgan fingerprint density at radius 3 is 2.67 bits per heavy atom. The fraction of sp³-hybridized carbons (Fsp3) is 0.389. The average Bonchev–Trinajstić information content (AvgIpc) is 2.52. The van der Waals surface area contributed by atoms with Crippen LogP contribution in [-0.2, 0) is 0 Å². The van der Waals surface area contributed by atoms with Gasteiger partial charge in [0.1, 0.15) is 0 Å². The maximum atomic E-state index is 12.4. The minimum atomic E-state index is 0.00456. The third kappa shape index (κ3) is 4.05. The normalized spacial score (nSPS) is 12.3. The van der Waals surface area contributed by atoms with E-state index in [0.717, 1.165) is 35.6 Å². The van der Waals surface area contributed by atoms with E-state index in [-0.39, 0.29) is 5.91 Å². The zero-order valence-electron chi connectivity index (χ0n) is 12.6. The monoisotopic (exact) mass is 284 g/mol. The average molecular weight is 284 g/mol. The summed E-state index contributed by atoms with van der Waals surface area (Å²) in [6.45, 7) is 3.54. The number of hydrogen-bond acceptors (Lipinski definition) is 2. The third-order valence-electron chi connectivity index (χ3n) is 3.86. The predicted molar refractivity (Wildman–Crippen MR) is 88.4 cm³/mol. The molecule has 21 heavy (non-hydrogen) atoms. The van der Waals surface area contributed by atoms with Crippen LogP contribution < -0.4 is 11.1 Å². The van der Waals surface area contributed by atoms with Crippen molar-refractivity contribution in [1.82, 2.24) is 5.32 Å². The van der Waals surface area contributed by atoms with Gasteiger partial charge in [-0.2, -0.15) is 0 Å². The Morgan fingerprint density at radius 2 is 1.90 bits per heavy atom. The van der Waals surface area contributed by atoms with Crippen LogP contribution in [0.4, 0.5) is 0 Å². The number of nitrogens with two attached hydrogens (primary N) is 1. The first kappa shape index (κ1) is 15.5. The summed E-state index contributed by atoms with van der Waals surface area (Å²) in [7, 11) is 0. The molecule has 0 saturated carbocycles. The zero-order chi connectivity index (χ0) is 15.1. The summed E-state index contributed by atoms with van der Waals surface area (Å²) in [5, 5.41) is 5.16. The van der Waals surface area contributed by atoms with Crippen molar-refractivity contribution in [2.45, 2.75) is 26.2 Å². The second-order valence-electron chi connectivity index (χ2n) is 5.47. The summed E-state index contributed by atoms with van der Waals surface area (Å²) in [6, 6.07) is 13.8. The molecule has 3 nitrogen and oxygen atoms in total. The van der Waals surface area contributed by atoms with E-state index < -0.39 is 0 Å². The van der Waals surface area contributed by atoms with Gasteiger partial charge in [-0.25, -0.2) is 0 Å². The molecular formula is C18H24N2O. The number of rotatable bonds is 7. The Balaban J connectivity index is 2.08. The molecule has 2 rings (SSSR count).